The molecule has 1 nitrogen and oxygen atoms in total. The lowest BCUT2D eigenvalue weighted by Crippen LogP contribution is -2.37. The number of rotatable bonds is 3. The van der Waals surface area contributed by atoms with E-state index in [-0.39, 0.29) is 0 Å². The summed E-state index contributed by atoms with van der Waals surface area (Å²) in [5, 5.41) is 3.76. The Bertz CT molecular complexity index is 1320. The Morgan fingerprint density at radius 3 is 2.24 bits per heavy atom. The van der Waals surface area contributed by atoms with Gasteiger partial charge in [-0.2, -0.15) is 0 Å². The summed E-state index contributed by atoms with van der Waals surface area (Å²) < 4.78 is 26.4. The van der Waals surface area contributed by atoms with Crippen molar-refractivity contribution >= 4 is 24.0 Å². The minimum Gasteiger partial charge on any atom is -0.201 e. The maximum Gasteiger partial charge on any atom is 0.213 e. The van der Waals surface area contributed by atoms with Crippen LogP contribution in [0.15, 0.2) is 72.9 Å². The second-order valence-corrected chi connectivity index (χ2v) is 14.0. The highest BCUT2D eigenvalue weighted by atomic mass is 28.3. The molecule has 0 bridgehead atoms. The Hall–Kier alpha value is -2.71. The maximum absolute atomic E-state index is 8.16. The van der Waals surface area contributed by atoms with E-state index in [1.54, 1.807) is 6.20 Å². The number of aryl methyl sites for hydroxylation is 3. The Morgan fingerprint density at radius 1 is 0.793 bits per heavy atom. The van der Waals surface area contributed by atoms with Crippen LogP contribution >= 0.6 is 0 Å². The van der Waals surface area contributed by atoms with Crippen LogP contribution in [0.25, 0.3) is 33.2 Å². The van der Waals surface area contributed by atoms with Crippen LogP contribution < -0.4 is 9.75 Å². The van der Waals surface area contributed by atoms with Gasteiger partial charge in [0.2, 0.25) is 5.69 Å². The number of nitrogens with zero attached hydrogens (tertiary/aromatic N) is 1. The summed E-state index contributed by atoms with van der Waals surface area (Å²) in [7, 11) is 0.520. The molecule has 3 aromatic carbocycles. The van der Waals surface area contributed by atoms with E-state index in [4.69, 9.17) is 4.11 Å². The zero-order valence-corrected chi connectivity index (χ0v) is 18.9. The van der Waals surface area contributed by atoms with Crippen LogP contribution in [0.1, 0.15) is 15.2 Å². The molecule has 0 radical (unpaired) electrons. The number of aromatic nitrogens is 1. The van der Waals surface area contributed by atoms with Gasteiger partial charge in [0.1, 0.15) is 7.05 Å². The van der Waals surface area contributed by atoms with Crippen LogP contribution in [0, 0.1) is 13.8 Å². The largest absolute Gasteiger partial charge is 0.213 e. The van der Waals surface area contributed by atoms with E-state index < -0.39 is 14.9 Å². The van der Waals surface area contributed by atoms with Gasteiger partial charge in [-0.05, 0) is 53.4 Å². The highest BCUT2D eigenvalue weighted by molar-refractivity contribution is 6.88. The molecule has 0 amide bonds. The van der Waals surface area contributed by atoms with Crippen LogP contribution in [0.5, 0.6) is 0 Å². The zero-order chi connectivity index (χ0) is 23.3. The lowest BCUT2D eigenvalue weighted by atomic mass is 9.96. The molecule has 0 aliphatic heterocycles. The van der Waals surface area contributed by atoms with E-state index in [0.29, 0.717) is 5.56 Å². The molecule has 0 spiro atoms. The SMILES string of the molecule is [2H]C([2H])([2H])c1c[n+](C)c(-c2ccccc2C)cc1-c1ccc2cc([Si](C)(C)C)ccc2c1. The highest BCUT2D eigenvalue weighted by Gasteiger charge is 2.18. The predicted octanol–water partition coefficient (Wildman–Crippen LogP) is 6.16. The molecule has 0 N–H and O–H groups in total. The van der Waals surface area contributed by atoms with Crippen molar-refractivity contribution in [2.75, 3.05) is 0 Å². The van der Waals surface area contributed by atoms with E-state index in [1.807, 2.05) is 29.8 Å². The lowest BCUT2D eigenvalue weighted by Gasteiger charge is -2.17. The summed E-state index contributed by atoms with van der Waals surface area (Å²) in [5.74, 6) is 0. The first-order valence-electron chi connectivity index (χ1n) is 11.6. The Kier molecular flexibility index (Phi) is 4.04. The van der Waals surface area contributed by atoms with Gasteiger partial charge in [-0.1, -0.05) is 73.4 Å². The van der Waals surface area contributed by atoms with Gasteiger partial charge in [0.05, 0.1) is 8.07 Å². The number of hydrogen-bond donors (Lipinski definition) is 0. The molecule has 0 saturated carbocycles. The molecular formula is C27H30NSi+. The summed E-state index contributed by atoms with van der Waals surface area (Å²) in [5.41, 5.74) is 5.33. The fourth-order valence-corrected chi connectivity index (χ4v) is 5.07. The molecule has 0 atom stereocenters. The van der Waals surface area contributed by atoms with Crippen molar-refractivity contribution in [3.05, 3.63) is 84.1 Å². The van der Waals surface area contributed by atoms with E-state index in [2.05, 4.69) is 75.1 Å². The quantitative estimate of drug-likeness (QED) is 0.287. The summed E-state index contributed by atoms with van der Waals surface area (Å²) in [6.07, 6.45) is 1.77. The number of benzene rings is 3. The van der Waals surface area contributed by atoms with Crippen LogP contribution in [-0.4, -0.2) is 8.07 Å². The molecule has 146 valence electrons. The molecule has 29 heavy (non-hydrogen) atoms. The van der Waals surface area contributed by atoms with Crippen molar-refractivity contribution in [1.29, 1.82) is 0 Å². The van der Waals surface area contributed by atoms with Crippen LogP contribution in [-0.2, 0) is 7.05 Å². The number of hydrogen-bond acceptors (Lipinski definition) is 0. The Balaban J connectivity index is 1.94. The number of fused-ring (bicyclic) bond motifs is 1. The normalized spacial score (nSPS) is 13.8. The molecule has 1 aromatic heterocycles. The van der Waals surface area contributed by atoms with Gasteiger partial charge in [0.15, 0.2) is 6.20 Å². The summed E-state index contributed by atoms with van der Waals surface area (Å²) in [4.78, 5) is 0. The fourth-order valence-electron chi connectivity index (χ4n) is 3.90. The van der Waals surface area contributed by atoms with E-state index in [9.17, 15) is 0 Å². The Morgan fingerprint density at radius 2 is 1.52 bits per heavy atom. The maximum atomic E-state index is 8.16. The van der Waals surface area contributed by atoms with Gasteiger partial charge < -0.3 is 0 Å². The van der Waals surface area contributed by atoms with Gasteiger partial charge in [-0.25, -0.2) is 4.57 Å². The predicted molar refractivity (Wildman–Crippen MR) is 128 cm³/mol. The fraction of sp³-hybridized carbons (Fsp3) is 0.222. The number of pyridine rings is 1. The van der Waals surface area contributed by atoms with Crippen molar-refractivity contribution in [2.24, 2.45) is 7.05 Å². The minimum atomic E-state index is -2.20. The molecule has 0 fully saturated rings. The van der Waals surface area contributed by atoms with E-state index in [1.165, 1.54) is 10.6 Å². The third-order valence-electron chi connectivity index (χ3n) is 5.71. The summed E-state index contributed by atoms with van der Waals surface area (Å²) in [6.45, 7) is 6.93. The van der Waals surface area contributed by atoms with Gasteiger partial charge in [0, 0.05) is 21.3 Å². The molecule has 1 heterocycles. The lowest BCUT2D eigenvalue weighted by molar-refractivity contribution is -0.660. The van der Waals surface area contributed by atoms with Crippen molar-refractivity contribution in [2.45, 2.75) is 33.4 Å². The molecule has 4 rings (SSSR count). The molecule has 4 aromatic rings. The van der Waals surface area contributed by atoms with Gasteiger partial charge in [-0.15, -0.1) is 0 Å². The second-order valence-electron chi connectivity index (χ2n) is 8.94. The molecule has 0 saturated heterocycles. The average Bonchev–Trinajstić information content (AvgIpc) is 2.72. The van der Waals surface area contributed by atoms with Gasteiger partial charge in [0.25, 0.3) is 0 Å². The molecule has 0 aliphatic carbocycles. The third-order valence-corrected chi connectivity index (χ3v) is 7.76. The zero-order valence-electron chi connectivity index (χ0n) is 20.9. The third kappa shape index (κ3) is 3.77. The van der Waals surface area contributed by atoms with Crippen LogP contribution in [0.3, 0.4) is 0 Å². The molecule has 0 aliphatic rings. The van der Waals surface area contributed by atoms with Crippen molar-refractivity contribution in [1.82, 2.24) is 0 Å². The molecule has 2 heteroatoms. The van der Waals surface area contributed by atoms with Crippen LogP contribution in [0.4, 0.5) is 0 Å². The van der Waals surface area contributed by atoms with Crippen molar-refractivity contribution in [3.63, 3.8) is 0 Å². The molecular weight excluding hydrogens is 366 g/mol. The van der Waals surface area contributed by atoms with Gasteiger partial charge in [-0.3, -0.25) is 0 Å². The summed E-state index contributed by atoms with van der Waals surface area (Å²) in [6, 6.07) is 23.2. The monoisotopic (exact) mass is 399 g/mol. The summed E-state index contributed by atoms with van der Waals surface area (Å²) >= 11 is 0. The first-order chi connectivity index (χ1) is 14.9. The first-order valence-corrected chi connectivity index (χ1v) is 13.6. The highest BCUT2D eigenvalue weighted by Crippen LogP contribution is 2.30. The van der Waals surface area contributed by atoms with E-state index >= 15 is 0 Å². The smallest absolute Gasteiger partial charge is 0.201 e. The average molecular weight is 400 g/mol. The standard InChI is InChI=1S/C27H30NSi/c1-19-9-7-8-10-25(19)27-17-26(20(2)18-28(27)3)23-12-11-22-16-24(29(4,5)6)14-13-21(22)15-23/h7-18H,1-6H3/q+1/i2D3. The first kappa shape index (κ1) is 16.1. The van der Waals surface area contributed by atoms with E-state index in [0.717, 1.165) is 33.3 Å². The van der Waals surface area contributed by atoms with Gasteiger partial charge >= 0.3 is 0 Å². The van der Waals surface area contributed by atoms with Crippen molar-refractivity contribution in [3.8, 4) is 22.4 Å². The van der Waals surface area contributed by atoms with Crippen molar-refractivity contribution < 1.29 is 8.68 Å². The second kappa shape index (κ2) is 7.27. The minimum absolute atomic E-state index is 0.371. The topological polar surface area (TPSA) is 3.88 Å². The Labute approximate surface area is 179 Å². The molecule has 0 unspecified atom stereocenters. The van der Waals surface area contributed by atoms with Crippen LogP contribution in [0.2, 0.25) is 19.6 Å².